The Morgan fingerprint density at radius 2 is 2.05 bits per heavy atom. The second-order valence-corrected chi connectivity index (χ2v) is 5.42. The van der Waals surface area contributed by atoms with Gasteiger partial charge in [-0.05, 0) is 25.5 Å². The number of fused-ring (bicyclic) bond motifs is 1. The van der Waals surface area contributed by atoms with Crippen LogP contribution in [0, 0.1) is 13.8 Å². The Bertz CT molecular complexity index is 972. The fourth-order valence-corrected chi connectivity index (χ4v) is 2.49. The second kappa shape index (κ2) is 4.99. The molecule has 0 aliphatic heterocycles. The van der Waals surface area contributed by atoms with Crippen molar-refractivity contribution in [3.63, 3.8) is 0 Å². The van der Waals surface area contributed by atoms with E-state index < -0.39 is 11.5 Å². The van der Waals surface area contributed by atoms with E-state index in [0.29, 0.717) is 16.4 Å². The number of halogens is 1. The van der Waals surface area contributed by atoms with Crippen molar-refractivity contribution in [1.29, 1.82) is 0 Å². The summed E-state index contributed by atoms with van der Waals surface area (Å²) in [6.07, 6.45) is 0. The van der Waals surface area contributed by atoms with Crippen LogP contribution in [-0.4, -0.2) is 25.7 Å². The third-order valence-corrected chi connectivity index (χ3v) is 3.95. The standard InChI is InChI=1S/C15H12ClN3O3/c1-7-3-4-9(5-10(7)16)13-8(2)19-12(14(20)17-13)6-11(18-19)15(21)22/h3-6H,1-2H3,(H,17,20)(H,21,22). The van der Waals surface area contributed by atoms with E-state index in [4.69, 9.17) is 16.7 Å². The van der Waals surface area contributed by atoms with Gasteiger partial charge in [0.1, 0.15) is 5.52 Å². The zero-order valence-electron chi connectivity index (χ0n) is 11.8. The van der Waals surface area contributed by atoms with E-state index in [2.05, 4.69) is 10.1 Å². The number of nitrogens with zero attached hydrogens (tertiary/aromatic N) is 2. The van der Waals surface area contributed by atoms with Gasteiger partial charge in [0.15, 0.2) is 5.69 Å². The maximum absolute atomic E-state index is 12.2. The van der Waals surface area contributed by atoms with Crippen LogP contribution in [0.25, 0.3) is 16.8 Å². The van der Waals surface area contributed by atoms with Gasteiger partial charge in [0.25, 0.3) is 5.56 Å². The minimum atomic E-state index is -1.18. The van der Waals surface area contributed by atoms with E-state index in [1.807, 2.05) is 19.1 Å². The number of nitrogens with one attached hydrogen (secondary N) is 1. The van der Waals surface area contributed by atoms with Crippen molar-refractivity contribution in [3.05, 3.63) is 56.6 Å². The van der Waals surface area contributed by atoms with Gasteiger partial charge in [-0.15, -0.1) is 0 Å². The molecule has 0 aliphatic carbocycles. The first-order valence-corrected chi connectivity index (χ1v) is 6.89. The molecule has 0 amide bonds. The molecule has 0 saturated heterocycles. The number of H-pyrrole nitrogens is 1. The molecule has 22 heavy (non-hydrogen) atoms. The Hall–Kier alpha value is -2.60. The van der Waals surface area contributed by atoms with Gasteiger partial charge in [-0.2, -0.15) is 5.10 Å². The quantitative estimate of drug-likeness (QED) is 0.760. The Labute approximate surface area is 130 Å². The summed E-state index contributed by atoms with van der Waals surface area (Å²) in [6.45, 7) is 3.64. The highest BCUT2D eigenvalue weighted by Crippen LogP contribution is 2.25. The van der Waals surface area contributed by atoms with Gasteiger partial charge in [0.2, 0.25) is 0 Å². The predicted molar refractivity (Wildman–Crippen MR) is 82.7 cm³/mol. The number of aryl methyl sites for hydroxylation is 2. The van der Waals surface area contributed by atoms with Crippen molar-refractivity contribution in [1.82, 2.24) is 14.6 Å². The fourth-order valence-electron chi connectivity index (χ4n) is 2.31. The largest absolute Gasteiger partial charge is 0.476 e. The first-order chi connectivity index (χ1) is 10.4. The summed E-state index contributed by atoms with van der Waals surface area (Å²) >= 11 is 6.13. The summed E-state index contributed by atoms with van der Waals surface area (Å²) in [5.41, 5.74) is 2.46. The Balaban J connectivity index is 2.31. The highest BCUT2D eigenvalue weighted by atomic mass is 35.5. The maximum Gasteiger partial charge on any atom is 0.356 e. The molecule has 1 aromatic carbocycles. The monoisotopic (exact) mass is 317 g/mol. The van der Waals surface area contributed by atoms with E-state index >= 15 is 0 Å². The Kier molecular flexibility index (Phi) is 3.26. The highest BCUT2D eigenvalue weighted by Gasteiger charge is 2.16. The maximum atomic E-state index is 12.2. The number of aromatic nitrogens is 3. The summed E-state index contributed by atoms with van der Waals surface area (Å²) < 4.78 is 1.34. The number of hydrogen-bond acceptors (Lipinski definition) is 3. The van der Waals surface area contributed by atoms with Crippen molar-refractivity contribution in [2.45, 2.75) is 13.8 Å². The molecule has 7 heteroatoms. The Morgan fingerprint density at radius 3 is 2.68 bits per heavy atom. The van der Waals surface area contributed by atoms with Gasteiger partial charge in [0.05, 0.1) is 11.4 Å². The second-order valence-electron chi connectivity index (χ2n) is 5.01. The van der Waals surface area contributed by atoms with Crippen molar-refractivity contribution < 1.29 is 9.90 Å². The van der Waals surface area contributed by atoms with Crippen LogP contribution < -0.4 is 5.56 Å². The lowest BCUT2D eigenvalue weighted by Crippen LogP contribution is -2.14. The lowest BCUT2D eigenvalue weighted by molar-refractivity contribution is 0.0690. The van der Waals surface area contributed by atoms with Gasteiger partial charge in [-0.3, -0.25) is 4.79 Å². The van der Waals surface area contributed by atoms with Crippen LogP contribution in [0.4, 0.5) is 0 Å². The number of carboxylic acid groups (broad SMARTS) is 1. The number of rotatable bonds is 2. The average Bonchev–Trinajstić information content (AvgIpc) is 2.92. The van der Waals surface area contributed by atoms with Gasteiger partial charge in [0, 0.05) is 16.7 Å². The molecule has 0 saturated carbocycles. The molecule has 0 aliphatic rings. The Morgan fingerprint density at radius 1 is 1.32 bits per heavy atom. The number of hydrogen-bond donors (Lipinski definition) is 2. The molecule has 2 heterocycles. The molecule has 3 rings (SSSR count). The lowest BCUT2D eigenvalue weighted by Gasteiger charge is -2.09. The van der Waals surface area contributed by atoms with Crippen LogP contribution >= 0.6 is 11.6 Å². The lowest BCUT2D eigenvalue weighted by atomic mass is 10.1. The molecule has 0 fully saturated rings. The summed E-state index contributed by atoms with van der Waals surface area (Å²) in [7, 11) is 0. The SMILES string of the molecule is Cc1ccc(-c2[nH]c(=O)c3cc(C(=O)O)nn3c2C)cc1Cl. The number of carboxylic acids is 1. The molecule has 2 N–H and O–H groups in total. The molecule has 112 valence electrons. The highest BCUT2D eigenvalue weighted by molar-refractivity contribution is 6.31. The zero-order chi connectivity index (χ0) is 16.0. The number of benzene rings is 1. The third-order valence-electron chi connectivity index (χ3n) is 3.54. The third kappa shape index (κ3) is 2.17. The fraction of sp³-hybridized carbons (Fsp3) is 0.133. The van der Waals surface area contributed by atoms with E-state index in [0.717, 1.165) is 11.1 Å². The first-order valence-electron chi connectivity index (χ1n) is 6.51. The normalized spacial score (nSPS) is 11.0. The molecular formula is C15H12ClN3O3. The number of carbonyl (C=O) groups is 1. The van der Waals surface area contributed by atoms with Crippen LogP contribution in [0.5, 0.6) is 0 Å². The molecule has 0 unspecified atom stereocenters. The molecule has 6 nitrogen and oxygen atoms in total. The average molecular weight is 318 g/mol. The molecular weight excluding hydrogens is 306 g/mol. The van der Waals surface area contributed by atoms with Gasteiger partial charge >= 0.3 is 5.97 Å². The van der Waals surface area contributed by atoms with Gasteiger partial charge in [-0.1, -0.05) is 23.7 Å². The van der Waals surface area contributed by atoms with Gasteiger partial charge in [-0.25, -0.2) is 9.31 Å². The number of aromatic amines is 1. The molecule has 0 atom stereocenters. The topological polar surface area (TPSA) is 87.5 Å². The smallest absolute Gasteiger partial charge is 0.356 e. The van der Waals surface area contributed by atoms with E-state index in [9.17, 15) is 9.59 Å². The van der Waals surface area contributed by atoms with Crippen molar-refractivity contribution in [2.75, 3.05) is 0 Å². The summed E-state index contributed by atoms with van der Waals surface area (Å²) in [5.74, 6) is -1.18. The minimum absolute atomic E-state index is 0.173. The summed E-state index contributed by atoms with van der Waals surface area (Å²) in [6, 6.07) is 6.70. The van der Waals surface area contributed by atoms with Crippen LogP contribution in [0.15, 0.2) is 29.1 Å². The predicted octanol–water partition coefficient (Wildman–Crippen LogP) is 2.66. The van der Waals surface area contributed by atoms with E-state index in [1.165, 1.54) is 10.6 Å². The van der Waals surface area contributed by atoms with Crippen LogP contribution in [0.1, 0.15) is 21.7 Å². The van der Waals surface area contributed by atoms with Crippen molar-refractivity contribution in [3.8, 4) is 11.3 Å². The van der Waals surface area contributed by atoms with Crippen LogP contribution in [-0.2, 0) is 0 Å². The molecule has 0 radical (unpaired) electrons. The van der Waals surface area contributed by atoms with E-state index in [-0.39, 0.29) is 11.2 Å². The van der Waals surface area contributed by atoms with E-state index in [1.54, 1.807) is 13.0 Å². The van der Waals surface area contributed by atoms with Crippen LogP contribution in [0.2, 0.25) is 5.02 Å². The van der Waals surface area contributed by atoms with Gasteiger partial charge < -0.3 is 10.1 Å². The first kappa shape index (κ1) is 14.3. The molecule has 3 aromatic rings. The molecule has 2 aromatic heterocycles. The minimum Gasteiger partial charge on any atom is -0.476 e. The number of aromatic carboxylic acids is 1. The van der Waals surface area contributed by atoms with Crippen molar-refractivity contribution in [2.24, 2.45) is 0 Å². The van der Waals surface area contributed by atoms with Crippen molar-refractivity contribution >= 4 is 23.1 Å². The summed E-state index contributed by atoms with van der Waals surface area (Å²) in [5, 5.41) is 13.6. The van der Waals surface area contributed by atoms with Crippen LogP contribution in [0.3, 0.4) is 0 Å². The zero-order valence-corrected chi connectivity index (χ0v) is 12.6. The molecule has 0 spiro atoms. The molecule has 0 bridgehead atoms. The summed E-state index contributed by atoms with van der Waals surface area (Å²) in [4.78, 5) is 26.0.